The lowest BCUT2D eigenvalue weighted by Crippen LogP contribution is -2.12. The molecule has 6 heteroatoms. The van der Waals surface area contributed by atoms with Gasteiger partial charge in [-0.05, 0) is 12.5 Å². The van der Waals surface area contributed by atoms with E-state index in [1.165, 1.54) is 0 Å². The van der Waals surface area contributed by atoms with E-state index in [0.29, 0.717) is 13.0 Å². The summed E-state index contributed by atoms with van der Waals surface area (Å²) in [6, 6.07) is 0.840. The first-order valence-corrected chi connectivity index (χ1v) is 4.47. The molecule has 0 bridgehead atoms. The number of halogens is 3. The van der Waals surface area contributed by atoms with Crippen LogP contribution in [0.3, 0.4) is 0 Å². The Bertz CT molecular complexity index is 312. The fourth-order valence-electron chi connectivity index (χ4n) is 0.927. The van der Waals surface area contributed by atoms with Crippen LogP contribution in [0.2, 0.25) is 0 Å². The van der Waals surface area contributed by atoms with Crippen LogP contribution >= 0.6 is 0 Å². The van der Waals surface area contributed by atoms with E-state index in [1.54, 1.807) is 0 Å². The quantitative estimate of drug-likeness (QED) is 0.789. The number of hydrogen-bond donors (Lipinski definition) is 1. The highest BCUT2D eigenvalue weighted by Crippen LogP contribution is 2.27. The van der Waals surface area contributed by atoms with Crippen molar-refractivity contribution in [2.75, 3.05) is 11.9 Å². The topological polar surface area (TPSA) is 37.8 Å². The van der Waals surface area contributed by atoms with Crippen molar-refractivity contribution in [2.45, 2.75) is 19.0 Å². The Morgan fingerprint density at radius 2 is 2.13 bits per heavy atom. The number of rotatable bonds is 4. The number of hydrogen-bond acceptors (Lipinski definition) is 3. The van der Waals surface area contributed by atoms with Gasteiger partial charge in [0.15, 0.2) is 0 Å². The molecule has 0 saturated heterocycles. The van der Waals surface area contributed by atoms with E-state index in [1.807, 2.05) is 0 Å². The van der Waals surface area contributed by atoms with Crippen molar-refractivity contribution in [3.05, 3.63) is 24.9 Å². The molecule has 1 rings (SSSR count). The molecule has 1 aromatic rings. The van der Waals surface area contributed by atoms with Gasteiger partial charge in [-0.15, -0.1) is 0 Å². The van der Waals surface area contributed by atoms with E-state index in [-0.39, 0.29) is 5.95 Å². The third-order valence-corrected chi connectivity index (χ3v) is 1.66. The van der Waals surface area contributed by atoms with Gasteiger partial charge in [0.1, 0.15) is 5.69 Å². The van der Waals surface area contributed by atoms with E-state index < -0.39 is 11.9 Å². The molecule has 0 fully saturated rings. The maximum atomic E-state index is 12.2. The average Bonchev–Trinajstić information content (AvgIpc) is 2.17. The zero-order valence-electron chi connectivity index (χ0n) is 8.01. The molecule has 1 aromatic heterocycles. The predicted octanol–water partition coefficient (Wildman–Crippen LogP) is 2.52. The maximum Gasteiger partial charge on any atom is 0.433 e. The molecule has 0 unspecified atom stereocenters. The first-order chi connectivity index (χ1) is 7.04. The number of aromatic nitrogens is 2. The summed E-state index contributed by atoms with van der Waals surface area (Å²) in [6.45, 7) is 4.13. The lowest BCUT2D eigenvalue weighted by atomic mass is 10.3. The van der Waals surface area contributed by atoms with Gasteiger partial charge in [-0.25, -0.2) is 9.97 Å². The predicted molar refractivity (Wildman–Crippen MR) is 50.1 cm³/mol. The fraction of sp³-hybridized carbons (Fsp3) is 0.444. The molecule has 0 spiro atoms. The Hall–Kier alpha value is -1.33. The Morgan fingerprint density at radius 1 is 1.40 bits per heavy atom. The molecule has 15 heavy (non-hydrogen) atoms. The molecule has 0 aliphatic heterocycles. The molecule has 0 aliphatic rings. The van der Waals surface area contributed by atoms with Crippen LogP contribution in [0.25, 0.3) is 0 Å². The largest absolute Gasteiger partial charge is 0.433 e. The van der Waals surface area contributed by atoms with Crippen molar-refractivity contribution in [1.82, 2.24) is 9.97 Å². The lowest BCUT2D eigenvalue weighted by molar-refractivity contribution is -0.141. The summed E-state index contributed by atoms with van der Waals surface area (Å²) in [5.41, 5.74) is -0.936. The summed E-state index contributed by atoms with van der Waals surface area (Å²) in [5, 5.41) is 2.70. The molecule has 0 aliphatic carbocycles. The molecule has 0 amide bonds. The Labute approximate surface area is 85.7 Å². The van der Waals surface area contributed by atoms with Crippen molar-refractivity contribution in [3.8, 4) is 0 Å². The van der Waals surface area contributed by atoms with Gasteiger partial charge in [0.2, 0.25) is 5.95 Å². The second kappa shape index (κ2) is 4.95. The van der Waals surface area contributed by atoms with Gasteiger partial charge in [-0.1, -0.05) is 13.3 Å². The van der Waals surface area contributed by atoms with Crippen molar-refractivity contribution < 1.29 is 13.2 Å². The molecule has 0 atom stereocenters. The average molecular weight is 218 g/mol. The third kappa shape index (κ3) is 3.73. The number of anilines is 1. The van der Waals surface area contributed by atoms with Crippen molar-refractivity contribution >= 4 is 5.95 Å². The first kappa shape index (κ1) is 11.7. The smallest absolute Gasteiger partial charge is 0.354 e. The van der Waals surface area contributed by atoms with Gasteiger partial charge in [-0.2, -0.15) is 13.2 Å². The Balaban J connectivity index is 2.66. The molecule has 1 heterocycles. The number of alkyl halides is 3. The van der Waals surface area contributed by atoms with Crippen LogP contribution in [0.1, 0.15) is 18.5 Å². The molecule has 1 N–H and O–H groups in total. The zero-order valence-corrected chi connectivity index (χ0v) is 8.01. The maximum absolute atomic E-state index is 12.2. The second-order valence-electron chi connectivity index (χ2n) is 2.90. The molecule has 83 valence electrons. The lowest BCUT2D eigenvalue weighted by Gasteiger charge is -2.07. The van der Waals surface area contributed by atoms with Crippen molar-refractivity contribution in [2.24, 2.45) is 0 Å². The monoisotopic (exact) mass is 218 g/mol. The van der Waals surface area contributed by atoms with Crippen LogP contribution in [0.15, 0.2) is 12.3 Å². The minimum Gasteiger partial charge on any atom is -0.354 e. The summed E-state index contributed by atoms with van der Waals surface area (Å²) in [4.78, 5) is 7.03. The van der Waals surface area contributed by atoms with Crippen molar-refractivity contribution in [3.63, 3.8) is 0 Å². The van der Waals surface area contributed by atoms with Crippen LogP contribution in [-0.2, 0) is 6.18 Å². The van der Waals surface area contributed by atoms with Crippen LogP contribution < -0.4 is 5.32 Å². The minimum atomic E-state index is -4.42. The van der Waals surface area contributed by atoms with Gasteiger partial charge < -0.3 is 5.32 Å². The molecule has 0 saturated carbocycles. The number of unbranched alkanes of at least 4 members (excludes halogenated alkanes) is 1. The Kier molecular flexibility index (Phi) is 3.88. The summed E-state index contributed by atoms with van der Waals surface area (Å²) in [7, 11) is 0. The second-order valence-corrected chi connectivity index (χ2v) is 2.90. The Morgan fingerprint density at radius 3 is 2.73 bits per heavy atom. The SMILES string of the molecule is [CH2]CCCNc1nccc(C(F)(F)F)n1. The molecule has 1 radical (unpaired) electrons. The van der Waals surface area contributed by atoms with Crippen LogP contribution in [0.5, 0.6) is 0 Å². The van der Waals surface area contributed by atoms with Gasteiger partial charge in [0, 0.05) is 12.7 Å². The zero-order chi connectivity index (χ0) is 11.3. The normalized spacial score (nSPS) is 11.5. The van der Waals surface area contributed by atoms with E-state index in [0.717, 1.165) is 18.7 Å². The third-order valence-electron chi connectivity index (χ3n) is 1.66. The molecule has 3 nitrogen and oxygen atoms in total. The van der Waals surface area contributed by atoms with Gasteiger partial charge in [0.25, 0.3) is 0 Å². The van der Waals surface area contributed by atoms with Crippen molar-refractivity contribution in [1.29, 1.82) is 0 Å². The van der Waals surface area contributed by atoms with Gasteiger partial charge >= 0.3 is 6.18 Å². The van der Waals surface area contributed by atoms with E-state index >= 15 is 0 Å². The molecular formula is C9H11F3N3. The summed E-state index contributed by atoms with van der Waals surface area (Å²) in [6.07, 6.45) is -1.86. The molecule has 0 aromatic carbocycles. The van der Waals surface area contributed by atoms with Crippen LogP contribution in [-0.4, -0.2) is 16.5 Å². The minimum absolute atomic E-state index is 0.00160. The van der Waals surface area contributed by atoms with Crippen LogP contribution in [0.4, 0.5) is 19.1 Å². The van der Waals surface area contributed by atoms with Gasteiger partial charge in [-0.3, -0.25) is 0 Å². The van der Waals surface area contributed by atoms with E-state index in [9.17, 15) is 13.2 Å². The standard InChI is InChI=1S/C9H11F3N3/c1-2-3-5-13-8-14-6-4-7(15-8)9(10,11)12/h4,6H,1-3,5H2,(H,13,14,15). The number of nitrogens with zero attached hydrogens (tertiary/aromatic N) is 2. The first-order valence-electron chi connectivity index (χ1n) is 4.47. The van der Waals surface area contributed by atoms with Gasteiger partial charge in [0.05, 0.1) is 0 Å². The fourth-order valence-corrected chi connectivity index (χ4v) is 0.927. The van der Waals surface area contributed by atoms with E-state index in [4.69, 9.17) is 0 Å². The van der Waals surface area contributed by atoms with Crippen LogP contribution in [0, 0.1) is 6.92 Å². The highest BCUT2D eigenvalue weighted by molar-refractivity contribution is 5.25. The molecular weight excluding hydrogens is 207 g/mol. The number of nitrogens with one attached hydrogen (secondary N) is 1. The summed E-state index contributed by atoms with van der Waals surface area (Å²) < 4.78 is 36.7. The highest BCUT2D eigenvalue weighted by Gasteiger charge is 2.32. The summed E-state index contributed by atoms with van der Waals surface area (Å²) >= 11 is 0. The summed E-state index contributed by atoms with van der Waals surface area (Å²) in [5.74, 6) is -0.00160. The highest BCUT2D eigenvalue weighted by atomic mass is 19.4. The van der Waals surface area contributed by atoms with E-state index in [2.05, 4.69) is 22.2 Å².